The molecule has 0 radical (unpaired) electrons. The van der Waals surface area contributed by atoms with Gasteiger partial charge in [0.15, 0.2) is 0 Å². The maximum absolute atomic E-state index is 2.54. The fourth-order valence-electron chi connectivity index (χ4n) is 11.8. The van der Waals surface area contributed by atoms with Gasteiger partial charge in [-0.05, 0) is 114 Å². The van der Waals surface area contributed by atoms with Gasteiger partial charge in [-0.15, -0.1) is 0 Å². The van der Waals surface area contributed by atoms with Crippen LogP contribution in [0.4, 0.5) is 0 Å². The maximum atomic E-state index is 2.54. The third-order valence-corrected chi connectivity index (χ3v) is 14.8. The van der Waals surface area contributed by atoms with Crippen LogP contribution in [-0.2, 0) is 5.41 Å². The Labute approximate surface area is 404 Å². The first-order valence-corrected chi connectivity index (χ1v) is 24.3. The van der Waals surface area contributed by atoms with Gasteiger partial charge < -0.3 is 4.57 Å². The van der Waals surface area contributed by atoms with Gasteiger partial charge in [-0.3, -0.25) is 0 Å². The second-order valence-corrected chi connectivity index (χ2v) is 18.7. The predicted molar refractivity (Wildman–Crippen MR) is 288 cm³/mol. The molecule has 0 fully saturated rings. The highest BCUT2D eigenvalue weighted by atomic mass is 15.0. The van der Waals surface area contributed by atoms with Crippen molar-refractivity contribution < 1.29 is 0 Å². The van der Waals surface area contributed by atoms with E-state index in [1.165, 1.54) is 111 Å². The van der Waals surface area contributed by atoms with Gasteiger partial charge in [0.2, 0.25) is 0 Å². The van der Waals surface area contributed by atoms with Gasteiger partial charge >= 0.3 is 0 Å². The highest BCUT2D eigenvalue weighted by molar-refractivity contribution is 5.91. The van der Waals surface area contributed by atoms with E-state index in [0.717, 1.165) is 12.8 Å². The SMILES string of the molecule is C1=c2c(n(-c3ccc4c(c3)-c3ccccc3C4(c3ccccc3)c3ccccc3)c3cc(-c4cccc(C(c5cccc(-c6ccccc6)c5)c5cccc(-c6ccccc6)c5)c4)ccc23)=CCC1. The summed E-state index contributed by atoms with van der Waals surface area (Å²) in [5, 5.41) is 3.90. The van der Waals surface area contributed by atoms with Gasteiger partial charge in [0, 0.05) is 27.6 Å². The lowest BCUT2D eigenvalue weighted by molar-refractivity contribution is 0.768. The van der Waals surface area contributed by atoms with Crippen molar-refractivity contribution in [1.82, 2.24) is 4.57 Å². The molecule has 0 atom stereocenters. The topological polar surface area (TPSA) is 4.93 Å². The minimum atomic E-state index is -0.438. The number of aromatic nitrogens is 1. The first-order chi connectivity index (χ1) is 34.2. The molecule has 13 rings (SSSR count). The Hall–Kier alpha value is -8.52. The summed E-state index contributed by atoms with van der Waals surface area (Å²) in [4.78, 5) is 0. The Morgan fingerprint density at radius 1 is 0.348 bits per heavy atom. The molecular weight excluding hydrogens is 831 g/mol. The summed E-state index contributed by atoms with van der Waals surface area (Å²) in [6, 6.07) is 94.7. The van der Waals surface area contributed by atoms with Gasteiger partial charge in [0.25, 0.3) is 0 Å². The van der Waals surface area contributed by atoms with Crippen LogP contribution in [0.25, 0.3) is 73.2 Å². The number of hydrogen-bond acceptors (Lipinski definition) is 0. The number of nitrogens with zero attached hydrogens (tertiary/aromatic N) is 1. The monoisotopic (exact) mass is 879 g/mol. The summed E-state index contributed by atoms with van der Waals surface area (Å²) in [7, 11) is 0. The molecule has 11 aromatic rings. The zero-order chi connectivity index (χ0) is 45.7. The zero-order valence-corrected chi connectivity index (χ0v) is 38.3. The van der Waals surface area contributed by atoms with Crippen molar-refractivity contribution in [2.45, 2.75) is 24.2 Å². The molecule has 0 aliphatic heterocycles. The van der Waals surface area contributed by atoms with Crippen LogP contribution in [0.15, 0.2) is 255 Å². The van der Waals surface area contributed by atoms with E-state index in [0.29, 0.717) is 0 Å². The second-order valence-electron chi connectivity index (χ2n) is 18.7. The van der Waals surface area contributed by atoms with Gasteiger partial charge in [-0.2, -0.15) is 0 Å². The molecule has 1 heteroatoms. The van der Waals surface area contributed by atoms with Crippen LogP contribution in [0.2, 0.25) is 0 Å². The standard InChI is InChI=1S/C68H49N/c1-5-20-47(21-6-1)49-24-17-27-53(42-49)67(54-28-18-25-50(43-54)48-22-7-2-8-23-48)55-29-19-26-51(44-55)52-38-40-61-60-35-14-16-37-65(60)69(66(61)45-52)58-39-41-64-62(46-58)59-34-13-15-36-63(59)68(64,56-30-9-3-10-31-56)57-32-11-4-12-33-57/h1-13,15,17-46,67H,14,16H2. The van der Waals surface area contributed by atoms with Crippen molar-refractivity contribution in [3.05, 3.63) is 304 Å². The fourth-order valence-corrected chi connectivity index (χ4v) is 11.8. The Bertz CT molecular complexity index is 3700. The van der Waals surface area contributed by atoms with Gasteiger partial charge in [-0.1, -0.05) is 249 Å². The highest BCUT2D eigenvalue weighted by Gasteiger charge is 2.46. The van der Waals surface area contributed by atoms with Crippen molar-refractivity contribution in [1.29, 1.82) is 0 Å². The molecule has 326 valence electrons. The molecule has 0 bridgehead atoms. The van der Waals surface area contributed by atoms with Crippen molar-refractivity contribution in [3.63, 3.8) is 0 Å². The van der Waals surface area contributed by atoms with Crippen molar-refractivity contribution >= 4 is 23.1 Å². The minimum absolute atomic E-state index is 0.00886. The van der Waals surface area contributed by atoms with Crippen LogP contribution in [-0.4, -0.2) is 4.57 Å². The van der Waals surface area contributed by atoms with Gasteiger partial charge in [0.1, 0.15) is 0 Å². The molecule has 1 aromatic heterocycles. The van der Waals surface area contributed by atoms with Crippen molar-refractivity contribution in [3.8, 4) is 50.2 Å². The van der Waals surface area contributed by atoms with Crippen LogP contribution in [0, 0.1) is 0 Å². The van der Waals surface area contributed by atoms with Gasteiger partial charge in [0.05, 0.1) is 10.9 Å². The molecule has 2 aliphatic carbocycles. The van der Waals surface area contributed by atoms with E-state index in [1.54, 1.807) is 0 Å². The molecule has 10 aromatic carbocycles. The summed E-state index contributed by atoms with van der Waals surface area (Å²) in [6.07, 6.45) is 6.97. The molecule has 0 saturated carbocycles. The van der Waals surface area contributed by atoms with E-state index in [2.05, 4.69) is 272 Å². The zero-order valence-electron chi connectivity index (χ0n) is 38.3. The molecule has 2 aliphatic rings. The van der Waals surface area contributed by atoms with Crippen molar-refractivity contribution in [2.24, 2.45) is 0 Å². The van der Waals surface area contributed by atoms with E-state index in [9.17, 15) is 0 Å². The van der Waals surface area contributed by atoms with E-state index in [4.69, 9.17) is 0 Å². The lowest BCUT2D eigenvalue weighted by Crippen LogP contribution is -2.30. The average molecular weight is 880 g/mol. The molecule has 0 saturated heterocycles. The van der Waals surface area contributed by atoms with Gasteiger partial charge in [-0.25, -0.2) is 0 Å². The molecule has 1 nitrogen and oxygen atoms in total. The lowest BCUT2D eigenvalue weighted by atomic mass is 9.68. The van der Waals surface area contributed by atoms with Crippen LogP contribution in [0.3, 0.4) is 0 Å². The van der Waals surface area contributed by atoms with Crippen LogP contribution in [0.1, 0.15) is 57.7 Å². The van der Waals surface area contributed by atoms with Crippen LogP contribution < -0.4 is 10.6 Å². The second kappa shape index (κ2) is 17.0. The third-order valence-electron chi connectivity index (χ3n) is 14.8. The Morgan fingerprint density at radius 3 is 1.42 bits per heavy atom. The number of benzene rings is 10. The summed E-state index contributed by atoms with van der Waals surface area (Å²) in [5.74, 6) is 0.00886. The Balaban J connectivity index is 0.969. The molecule has 69 heavy (non-hydrogen) atoms. The molecule has 0 amide bonds. The summed E-state index contributed by atoms with van der Waals surface area (Å²) >= 11 is 0. The lowest BCUT2D eigenvalue weighted by Gasteiger charge is -2.33. The van der Waals surface area contributed by atoms with Crippen LogP contribution in [0.5, 0.6) is 0 Å². The smallest absolute Gasteiger partial charge is 0.0713 e. The number of rotatable bonds is 9. The first kappa shape index (κ1) is 40.7. The highest BCUT2D eigenvalue weighted by Crippen LogP contribution is 2.56. The summed E-state index contributed by atoms with van der Waals surface area (Å²) in [6.45, 7) is 0. The van der Waals surface area contributed by atoms with E-state index < -0.39 is 5.41 Å². The molecule has 1 heterocycles. The third kappa shape index (κ3) is 6.84. The Kier molecular flexibility index (Phi) is 10.0. The minimum Gasteiger partial charge on any atom is -0.310 e. The maximum Gasteiger partial charge on any atom is 0.0713 e. The molecule has 0 spiro atoms. The summed E-state index contributed by atoms with van der Waals surface area (Å²) < 4.78 is 2.54. The normalized spacial score (nSPS) is 13.3. The van der Waals surface area contributed by atoms with E-state index in [1.807, 2.05) is 0 Å². The fraction of sp³-hybridized carbons (Fsp3) is 0.0588. The van der Waals surface area contributed by atoms with E-state index in [-0.39, 0.29) is 5.92 Å². The summed E-state index contributed by atoms with van der Waals surface area (Å²) in [5.41, 5.74) is 20.8. The van der Waals surface area contributed by atoms with Crippen LogP contribution >= 0.6 is 0 Å². The quantitative estimate of drug-likeness (QED) is 0.127. The molecule has 0 unspecified atom stereocenters. The Morgan fingerprint density at radius 2 is 0.826 bits per heavy atom. The van der Waals surface area contributed by atoms with Crippen molar-refractivity contribution in [2.75, 3.05) is 0 Å². The molecule has 0 N–H and O–H groups in total. The van der Waals surface area contributed by atoms with E-state index >= 15 is 0 Å². The number of hydrogen-bond donors (Lipinski definition) is 0. The first-order valence-electron chi connectivity index (χ1n) is 24.3. The molecular formula is C68H49N. The largest absolute Gasteiger partial charge is 0.310 e. The number of fused-ring (bicyclic) bond motifs is 6. The average Bonchev–Trinajstić information content (AvgIpc) is 3.92. The predicted octanol–water partition coefficient (Wildman–Crippen LogP) is 15.5.